The maximum Gasteiger partial charge on any atom is 0.393 e. The van der Waals surface area contributed by atoms with Crippen LogP contribution >= 0.6 is 22.6 Å². The molecule has 1 heterocycles. The van der Waals surface area contributed by atoms with Gasteiger partial charge in [0.25, 0.3) is 0 Å². The molecule has 2 rings (SSSR count). The number of hydrogen-bond acceptors (Lipinski definition) is 1. The van der Waals surface area contributed by atoms with Crippen molar-refractivity contribution in [2.75, 3.05) is 13.1 Å². The molecule has 1 aliphatic heterocycles. The van der Waals surface area contributed by atoms with Gasteiger partial charge in [-0.1, -0.05) is 6.07 Å². The van der Waals surface area contributed by atoms with Gasteiger partial charge in [0, 0.05) is 16.7 Å². The van der Waals surface area contributed by atoms with Gasteiger partial charge in [0.05, 0.1) is 5.92 Å². The molecule has 1 unspecified atom stereocenters. The van der Waals surface area contributed by atoms with E-state index in [0.717, 1.165) is 5.56 Å². The topological polar surface area (TPSA) is 3.24 Å². The number of halogens is 5. The first-order chi connectivity index (χ1) is 8.86. The summed E-state index contributed by atoms with van der Waals surface area (Å²) in [6.45, 7) is 1.15. The van der Waals surface area contributed by atoms with Crippen LogP contribution in [0.1, 0.15) is 18.4 Å². The van der Waals surface area contributed by atoms with E-state index in [4.69, 9.17) is 0 Å². The third-order valence-corrected chi connectivity index (χ3v) is 4.19. The molecule has 1 fully saturated rings. The number of alkyl halides is 3. The average Bonchev–Trinajstić information content (AvgIpc) is 2.33. The van der Waals surface area contributed by atoms with Crippen molar-refractivity contribution in [2.24, 2.45) is 5.92 Å². The van der Waals surface area contributed by atoms with E-state index in [9.17, 15) is 17.6 Å². The van der Waals surface area contributed by atoms with Crippen LogP contribution in [0.3, 0.4) is 0 Å². The second-order valence-electron chi connectivity index (χ2n) is 4.86. The van der Waals surface area contributed by atoms with Gasteiger partial charge < -0.3 is 0 Å². The molecule has 0 radical (unpaired) electrons. The molecule has 0 spiro atoms. The van der Waals surface area contributed by atoms with Gasteiger partial charge >= 0.3 is 6.18 Å². The van der Waals surface area contributed by atoms with Gasteiger partial charge in [-0.05, 0) is 59.7 Å². The van der Waals surface area contributed by atoms with Gasteiger partial charge in [-0.3, -0.25) is 4.90 Å². The van der Waals surface area contributed by atoms with Crippen LogP contribution in [-0.4, -0.2) is 24.2 Å². The van der Waals surface area contributed by atoms with Gasteiger partial charge in [-0.25, -0.2) is 4.39 Å². The molecule has 1 aromatic carbocycles. The minimum Gasteiger partial charge on any atom is -0.298 e. The fourth-order valence-electron chi connectivity index (χ4n) is 2.36. The van der Waals surface area contributed by atoms with Gasteiger partial charge in [-0.2, -0.15) is 13.2 Å². The number of piperidine rings is 1. The monoisotopic (exact) mass is 387 g/mol. The molecule has 0 N–H and O–H groups in total. The lowest BCUT2D eigenvalue weighted by atomic mass is 9.97. The molecule has 0 saturated carbocycles. The van der Waals surface area contributed by atoms with Crippen LogP contribution in [0.2, 0.25) is 0 Å². The standard InChI is InChI=1S/C13H14F4IN/c14-11-4-3-9(6-12(11)18)7-19-5-1-2-10(8-19)13(15,16)17/h3-4,6,10H,1-2,5,7-8H2. The van der Waals surface area contributed by atoms with E-state index in [-0.39, 0.29) is 18.8 Å². The predicted octanol–water partition coefficient (Wildman–Crippen LogP) is 4.20. The second kappa shape index (κ2) is 5.95. The van der Waals surface area contributed by atoms with Crippen molar-refractivity contribution in [3.05, 3.63) is 33.1 Å². The highest BCUT2D eigenvalue weighted by Gasteiger charge is 2.41. The van der Waals surface area contributed by atoms with Crippen LogP contribution < -0.4 is 0 Å². The summed E-state index contributed by atoms with van der Waals surface area (Å²) in [6.07, 6.45) is -3.35. The summed E-state index contributed by atoms with van der Waals surface area (Å²) in [5, 5.41) is 0. The van der Waals surface area contributed by atoms with E-state index < -0.39 is 12.1 Å². The summed E-state index contributed by atoms with van der Waals surface area (Å²) in [6, 6.07) is 4.68. The normalized spacial score (nSPS) is 21.6. The van der Waals surface area contributed by atoms with E-state index in [1.165, 1.54) is 6.07 Å². The zero-order valence-corrected chi connectivity index (χ0v) is 12.3. The van der Waals surface area contributed by atoms with Crippen LogP contribution in [0.15, 0.2) is 18.2 Å². The maximum atomic E-state index is 13.1. The van der Waals surface area contributed by atoms with E-state index in [2.05, 4.69) is 0 Å². The Bertz CT molecular complexity index is 447. The van der Waals surface area contributed by atoms with Gasteiger partial charge in [0.1, 0.15) is 5.82 Å². The summed E-state index contributed by atoms with van der Waals surface area (Å²) in [4.78, 5) is 1.80. The zero-order valence-electron chi connectivity index (χ0n) is 10.2. The predicted molar refractivity (Wildman–Crippen MR) is 73.2 cm³/mol. The van der Waals surface area contributed by atoms with Crippen molar-refractivity contribution in [1.82, 2.24) is 4.90 Å². The number of hydrogen-bond donors (Lipinski definition) is 0. The molecule has 1 aromatic rings. The highest BCUT2D eigenvalue weighted by atomic mass is 127. The van der Waals surface area contributed by atoms with Crippen molar-refractivity contribution in [1.29, 1.82) is 0 Å². The smallest absolute Gasteiger partial charge is 0.298 e. The Morgan fingerprint density at radius 3 is 2.68 bits per heavy atom. The molecule has 6 heteroatoms. The molecule has 1 nitrogen and oxygen atoms in total. The van der Waals surface area contributed by atoms with E-state index in [0.29, 0.717) is 23.1 Å². The fourth-order valence-corrected chi connectivity index (χ4v) is 2.94. The van der Waals surface area contributed by atoms with Crippen molar-refractivity contribution >= 4 is 22.6 Å². The van der Waals surface area contributed by atoms with Gasteiger partial charge in [-0.15, -0.1) is 0 Å². The average molecular weight is 387 g/mol. The SMILES string of the molecule is Fc1ccc(CN2CCCC(C(F)(F)F)C2)cc1I. The number of likely N-dealkylation sites (tertiary alicyclic amines) is 1. The Labute approximate surface area is 123 Å². The van der Waals surface area contributed by atoms with Crippen LogP contribution in [0.5, 0.6) is 0 Å². The van der Waals surface area contributed by atoms with Gasteiger partial charge in [0.2, 0.25) is 0 Å². The fraction of sp³-hybridized carbons (Fsp3) is 0.538. The molecule has 106 valence electrons. The first-order valence-electron chi connectivity index (χ1n) is 6.09. The van der Waals surface area contributed by atoms with Crippen LogP contribution in [0.25, 0.3) is 0 Å². The van der Waals surface area contributed by atoms with Crippen molar-refractivity contribution in [3.8, 4) is 0 Å². The van der Waals surface area contributed by atoms with Crippen LogP contribution in [0, 0.1) is 15.3 Å². The molecule has 1 saturated heterocycles. The second-order valence-corrected chi connectivity index (χ2v) is 6.03. The highest BCUT2D eigenvalue weighted by molar-refractivity contribution is 14.1. The molecule has 0 bridgehead atoms. The van der Waals surface area contributed by atoms with Crippen molar-refractivity contribution in [2.45, 2.75) is 25.6 Å². The van der Waals surface area contributed by atoms with Crippen LogP contribution in [0.4, 0.5) is 17.6 Å². The largest absolute Gasteiger partial charge is 0.393 e. The first kappa shape index (κ1) is 15.0. The lowest BCUT2D eigenvalue weighted by Gasteiger charge is -2.33. The van der Waals surface area contributed by atoms with Gasteiger partial charge in [0.15, 0.2) is 0 Å². The van der Waals surface area contributed by atoms with Crippen molar-refractivity contribution in [3.63, 3.8) is 0 Å². The Morgan fingerprint density at radius 1 is 1.32 bits per heavy atom. The summed E-state index contributed by atoms with van der Waals surface area (Å²) in [5.41, 5.74) is 0.855. The Hall–Kier alpha value is -0.370. The Morgan fingerprint density at radius 2 is 2.05 bits per heavy atom. The molecular formula is C13H14F4IN. The maximum absolute atomic E-state index is 13.1. The third-order valence-electron chi connectivity index (χ3n) is 3.36. The number of benzene rings is 1. The minimum absolute atomic E-state index is 0.0391. The lowest BCUT2D eigenvalue weighted by Crippen LogP contribution is -2.41. The molecule has 0 aliphatic carbocycles. The molecule has 0 amide bonds. The summed E-state index contributed by atoms with van der Waals surface area (Å²) < 4.78 is 51.7. The first-order valence-corrected chi connectivity index (χ1v) is 7.17. The Kier molecular flexibility index (Phi) is 4.70. The van der Waals surface area contributed by atoms with E-state index in [1.54, 1.807) is 17.0 Å². The molecule has 19 heavy (non-hydrogen) atoms. The van der Waals surface area contributed by atoms with Crippen LogP contribution in [-0.2, 0) is 6.54 Å². The number of rotatable bonds is 2. The van der Waals surface area contributed by atoms with E-state index in [1.807, 2.05) is 22.6 Å². The third kappa shape index (κ3) is 4.05. The van der Waals surface area contributed by atoms with E-state index >= 15 is 0 Å². The summed E-state index contributed by atoms with van der Waals surface area (Å²) in [5.74, 6) is -1.53. The lowest BCUT2D eigenvalue weighted by molar-refractivity contribution is -0.187. The summed E-state index contributed by atoms with van der Waals surface area (Å²) in [7, 11) is 0. The molecular weight excluding hydrogens is 373 g/mol. The number of nitrogens with zero attached hydrogens (tertiary/aromatic N) is 1. The Balaban J connectivity index is 2.00. The molecule has 1 aliphatic rings. The van der Waals surface area contributed by atoms with Crippen molar-refractivity contribution < 1.29 is 17.6 Å². The molecule has 1 atom stereocenters. The molecule has 0 aromatic heterocycles. The quantitative estimate of drug-likeness (QED) is 0.543. The summed E-state index contributed by atoms with van der Waals surface area (Å²) >= 11 is 1.89. The minimum atomic E-state index is -4.12. The highest BCUT2D eigenvalue weighted by Crippen LogP contribution is 2.33. The zero-order chi connectivity index (χ0) is 14.0.